The summed E-state index contributed by atoms with van der Waals surface area (Å²) in [6, 6.07) is 3.69. The van der Waals surface area contributed by atoms with Gasteiger partial charge < -0.3 is 19.9 Å². The third-order valence-electron chi connectivity index (χ3n) is 3.20. The van der Waals surface area contributed by atoms with Crippen molar-refractivity contribution in [2.45, 2.75) is 13.5 Å². The molecule has 0 unspecified atom stereocenters. The van der Waals surface area contributed by atoms with Gasteiger partial charge in [-0.15, -0.1) is 0 Å². The zero-order valence-electron chi connectivity index (χ0n) is 12.4. The van der Waals surface area contributed by atoms with Gasteiger partial charge in [0, 0.05) is 5.56 Å². The van der Waals surface area contributed by atoms with Gasteiger partial charge in [-0.25, -0.2) is 4.68 Å². The zero-order chi connectivity index (χ0) is 15.6. The molecule has 0 atom stereocenters. The molecule has 114 valence electrons. The van der Waals surface area contributed by atoms with Crippen LogP contribution < -0.4 is 19.9 Å². The first-order chi connectivity index (χ1) is 10.0. The van der Waals surface area contributed by atoms with Crippen LogP contribution in [-0.4, -0.2) is 31.1 Å². The van der Waals surface area contributed by atoms with E-state index in [-0.39, 0.29) is 0 Å². The van der Waals surface area contributed by atoms with Crippen LogP contribution in [0.1, 0.15) is 11.3 Å². The lowest BCUT2D eigenvalue weighted by atomic mass is 10.1. The Hall–Kier alpha value is -2.08. The van der Waals surface area contributed by atoms with Crippen LogP contribution in [0.3, 0.4) is 0 Å². The highest BCUT2D eigenvalue weighted by Gasteiger charge is 2.18. The molecule has 1 aromatic heterocycles. The first-order valence-corrected chi connectivity index (χ1v) is 6.67. The Morgan fingerprint density at radius 2 is 1.81 bits per heavy atom. The van der Waals surface area contributed by atoms with E-state index in [1.165, 1.54) is 0 Å². The third-order valence-corrected chi connectivity index (χ3v) is 3.66. The van der Waals surface area contributed by atoms with E-state index in [0.717, 1.165) is 5.56 Å². The number of benzene rings is 1. The summed E-state index contributed by atoms with van der Waals surface area (Å²) in [5, 5.41) is 4.78. The Bertz CT molecular complexity index is 655. The zero-order valence-corrected chi connectivity index (χ0v) is 13.2. The molecular weight excluding hydrogens is 294 g/mol. The van der Waals surface area contributed by atoms with Crippen LogP contribution in [-0.2, 0) is 6.54 Å². The van der Waals surface area contributed by atoms with Gasteiger partial charge >= 0.3 is 0 Å². The van der Waals surface area contributed by atoms with Crippen LogP contribution in [0.5, 0.6) is 17.2 Å². The first-order valence-electron chi connectivity index (χ1n) is 6.29. The van der Waals surface area contributed by atoms with Crippen LogP contribution in [0.15, 0.2) is 12.1 Å². The molecule has 7 heteroatoms. The quantitative estimate of drug-likeness (QED) is 0.918. The SMILES string of the molecule is COc1ccc(Cn2nc(C)c(Cl)c2N)c(OC)c1OC. The van der Waals surface area contributed by atoms with Gasteiger partial charge in [-0.2, -0.15) is 5.10 Å². The number of halogens is 1. The molecule has 0 saturated heterocycles. The molecule has 0 bridgehead atoms. The Labute approximate surface area is 128 Å². The number of hydrogen-bond acceptors (Lipinski definition) is 5. The van der Waals surface area contributed by atoms with E-state index in [4.69, 9.17) is 31.5 Å². The van der Waals surface area contributed by atoms with Crippen molar-refractivity contribution < 1.29 is 14.2 Å². The van der Waals surface area contributed by atoms with E-state index in [1.54, 1.807) is 32.9 Å². The van der Waals surface area contributed by atoms with Crippen molar-refractivity contribution in [1.29, 1.82) is 0 Å². The minimum atomic E-state index is 0.420. The van der Waals surface area contributed by atoms with Gasteiger partial charge in [-0.1, -0.05) is 11.6 Å². The number of ether oxygens (including phenoxy) is 3. The van der Waals surface area contributed by atoms with Gasteiger partial charge in [-0.05, 0) is 19.1 Å². The minimum absolute atomic E-state index is 0.420. The van der Waals surface area contributed by atoms with Gasteiger partial charge in [0.15, 0.2) is 11.5 Å². The van der Waals surface area contributed by atoms with Crippen LogP contribution in [0.4, 0.5) is 5.82 Å². The fraction of sp³-hybridized carbons (Fsp3) is 0.357. The molecule has 1 heterocycles. The first kappa shape index (κ1) is 15.3. The Morgan fingerprint density at radius 1 is 1.14 bits per heavy atom. The predicted molar refractivity (Wildman–Crippen MR) is 81.6 cm³/mol. The second-order valence-corrected chi connectivity index (χ2v) is 4.81. The monoisotopic (exact) mass is 311 g/mol. The molecule has 0 saturated carbocycles. The number of methoxy groups -OCH3 is 3. The van der Waals surface area contributed by atoms with E-state index < -0.39 is 0 Å². The number of anilines is 1. The highest BCUT2D eigenvalue weighted by molar-refractivity contribution is 6.33. The largest absolute Gasteiger partial charge is 0.493 e. The maximum absolute atomic E-state index is 6.06. The number of nitrogens with two attached hydrogens (primary N) is 1. The van der Waals surface area contributed by atoms with Gasteiger partial charge in [0.25, 0.3) is 0 Å². The molecule has 0 radical (unpaired) electrons. The number of nitrogens with zero attached hydrogens (tertiary/aromatic N) is 2. The van der Waals surface area contributed by atoms with Crippen molar-refractivity contribution in [2.75, 3.05) is 27.1 Å². The topological polar surface area (TPSA) is 71.5 Å². The summed E-state index contributed by atoms with van der Waals surface area (Å²) in [4.78, 5) is 0. The third kappa shape index (κ3) is 2.71. The Balaban J connectivity index is 2.46. The molecule has 6 nitrogen and oxygen atoms in total. The van der Waals surface area contributed by atoms with Gasteiger partial charge in [0.2, 0.25) is 5.75 Å². The van der Waals surface area contributed by atoms with E-state index in [1.807, 2.05) is 12.1 Å². The number of aromatic nitrogens is 2. The summed E-state index contributed by atoms with van der Waals surface area (Å²) in [7, 11) is 4.71. The maximum atomic E-state index is 6.06. The average Bonchev–Trinajstić information content (AvgIpc) is 2.73. The normalized spacial score (nSPS) is 10.5. The van der Waals surface area contributed by atoms with Gasteiger partial charge in [0.05, 0.1) is 33.6 Å². The summed E-state index contributed by atoms with van der Waals surface area (Å²) in [6.07, 6.45) is 0. The summed E-state index contributed by atoms with van der Waals surface area (Å²) in [5.41, 5.74) is 7.49. The number of nitrogen functional groups attached to an aromatic ring is 1. The summed E-state index contributed by atoms with van der Waals surface area (Å²) in [5.74, 6) is 2.14. The molecule has 2 rings (SSSR count). The lowest BCUT2D eigenvalue weighted by Gasteiger charge is -2.16. The smallest absolute Gasteiger partial charge is 0.203 e. The fourth-order valence-electron chi connectivity index (χ4n) is 2.15. The lowest BCUT2D eigenvalue weighted by Crippen LogP contribution is -2.08. The number of aryl methyl sites for hydroxylation is 1. The van der Waals surface area contributed by atoms with Crippen LogP contribution in [0, 0.1) is 6.92 Å². The highest BCUT2D eigenvalue weighted by atomic mass is 35.5. The van der Waals surface area contributed by atoms with Crippen molar-refractivity contribution in [1.82, 2.24) is 9.78 Å². The molecule has 0 spiro atoms. The summed E-state index contributed by atoms with van der Waals surface area (Å²) in [6.45, 7) is 2.23. The Morgan fingerprint density at radius 3 is 2.29 bits per heavy atom. The van der Waals surface area contributed by atoms with Crippen LogP contribution in [0.2, 0.25) is 5.02 Å². The van der Waals surface area contributed by atoms with Crippen molar-refractivity contribution in [3.8, 4) is 17.2 Å². The lowest BCUT2D eigenvalue weighted by molar-refractivity contribution is 0.321. The molecule has 0 fully saturated rings. The molecule has 2 N–H and O–H groups in total. The van der Waals surface area contributed by atoms with Crippen molar-refractivity contribution >= 4 is 17.4 Å². The molecule has 1 aromatic carbocycles. The van der Waals surface area contributed by atoms with Crippen molar-refractivity contribution in [2.24, 2.45) is 0 Å². The van der Waals surface area contributed by atoms with Crippen molar-refractivity contribution in [3.63, 3.8) is 0 Å². The molecule has 0 aliphatic heterocycles. The molecule has 0 amide bonds. The van der Waals surface area contributed by atoms with Crippen molar-refractivity contribution in [3.05, 3.63) is 28.4 Å². The van der Waals surface area contributed by atoms with Crippen LogP contribution >= 0.6 is 11.6 Å². The maximum Gasteiger partial charge on any atom is 0.203 e. The van der Waals surface area contributed by atoms with Gasteiger partial charge in [-0.3, -0.25) is 0 Å². The molecule has 2 aromatic rings. The van der Waals surface area contributed by atoms with E-state index >= 15 is 0 Å². The summed E-state index contributed by atoms with van der Waals surface area (Å²) >= 11 is 6.06. The van der Waals surface area contributed by atoms with Crippen LogP contribution in [0.25, 0.3) is 0 Å². The number of hydrogen-bond donors (Lipinski definition) is 1. The second kappa shape index (κ2) is 6.13. The van der Waals surface area contributed by atoms with Gasteiger partial charge in [0.1, 0.15) is 10.8 Å². The van der Waals surface area contributed by atoms with E-state index in [0.29, 0.717) is 40.3 Å². The Kier molecular flexibility index (Phi) is 4.47. The summed E-state index contributed by atoms with van der Waals surface area (Å²) < 4.78 is 17.7. The molecule has 21 heavy (non-hydrogen) atoms. The van der Waals surface area contributed by atoms with E-state index in [9.17, 15) is 0 Å². The standard InChI is InChI=1S/C14H18ClN3O3/c1-8-11(15)14(16)18(17-8)7-9-5-6-10(19-2)13(21-4)12(9)20-3/h5-6H,7,16H2,1-4H3. The number of rotatable bonds is 5. The minimum Gasteiger partial charge on any atom is -0.493 e. The molecule has 0 aliphatic carbocycles. The fourth-order valence-corrected chi connectivity index (χ4v) is 2.28. The molecular formula is C14H18ClN3O3. The predicted octanol–water partition coefficient (Wildman–Crippen LogP) is 2.50. The second-order valence-electron chi connectivity index (χ2n) is 4.44. The van der Waals surface area contributed by atoms with E-state index in [2.05, 4.69) is 5.10 Å². The average molecular weight is 312 g/mol. The molecule has 0 aliphatic rings. The highest BCUT2D eigenvalue weighted by Crippen LogP contribution is 2.40.